The molecule has 0 heterocycles. The zero-order valence-corrected chi connectivity index (χ0v) is 11.9. The van der Waals surface area contributed by atoms with Crippen molar-refractivity contribution in [3.05, 3.63) is 59.2 Å². The molecule has 0 spiro atoms. The van der Waals surface area contributed by atoms with Gasteiger partial charge in [-0.3, -0.25) is 0 Å². The van der Waals surface area contributed by atoms with Crippen molar-refractivity contribution in [2.45, 2.75) is 12.5 Å². The molecule has 2 rings (SSSR count). The van der Waals surface area contributed by atoms with Crippen molar-refractivity contribution in [1.29, 1.82) is 0 Å². The molecule has 0 saturated carbocycles. The van der Waals surface area contributed by atoms with E-state index in [1.807, 2.05) is 0 Å². The molecule has 0 saturated heterocycles. The summed E-state index contributed by atoms with van der Waals surface area (Å²) in [6.07, 6.45) is 0.194. The Morgan fingerprint density at radius 3 is 2.38 bits per heavy atom. The Kier molecular flexibility index (Phi) is 4.75. The Morgan fingerprint density at radius 2 is 1.71 bits per heavy atom. The van der Waals surface area contributed by atoms with Crippen molar-refractivity contribution in [1.82, 2.24) is 0 Å². The predicted molar refractivity (Wildman–Crippen MR) is 76.5 cm³/mol. The second kappa shape index (κ2) is 6.54. The number of rotatable bonds is 5. The summed E-state index contributed by atoms with van der Waals surface area (Å²) in [7, 11) is 3.07. The summed E-state index contributed by atoms with van der Waals surface area (Å²) in [4.78, 5) is 0. The monoisotopic (exact) mass is 293 g/mol. The lowest BCUT2D eigenvalue weighted by molar-refractivity contribution is 0.354. The third-order valence-electron chi connectivity index (χ3n) is 3.28. The quantitative estimate of drug-likeness (QED) is 0.920. The lowest BCUT2D eigenvalue weighted by atomic mass is 9.99. The van der Waals surface area contributed by atoms with Crippen molar-refractivity contribution in [2.75, 3.05) is 14.2 Å². The van der Waals surface area contributed by atoms with Crippen LogP contribution in [0.1, 0.15) is 17.2 Å². The van der Waals surface area contributed by atoms with Crippen LogP contribution in [0.25, 0.3) is 0 Å². The van der Waals surface area contributed by atoms with Gasteiger partial charge in [-0.2, -0.15) is 0 Å². The summed E-state index contributed by atoms with van der Waals surface area (Å²) in [5.41, 5.74) is 7.08. The van der Waals surface area contributed by atoms with E-state index in [0.717, 1.165) is 23.8 Å². The van der Waals surface area contributed by atoms with Gasteiger partial charge in [0.05, 0.1) is 14.2 Å². The lowest BCUT2D eigenvalue weighted by Gasteiger charge is -2.15. The first-order valence-corrected chi connectivity index (χ1v) is 6.46. The van der Waals surface area contributed by atoms with E-state index in [0.29, 0.717) is 11.5 Å². The number of benzene rings is 2. The molecule has 1 atom stereocenters. The summed E-state index contributed by atoms with van der Waals surface area (Å²) < 4.78 is 37.2. The number of methoxy groups -OCH3 is 2. The highest BCUT2D eigenvalue weighted by molar-refractivity contribution is 5.44. The molecular weight excluding hydrogens is 276 g/mol. The maximum absolute atomic E-state index is 13.6. The summed E-state index contributed by atoms with van der Waals surface area (Å²) in [5.74, 6) is 0.189. The number of hydrogen-bond acceptors (Lipinski definition) is 3. The van der Waals surface area contributed by atoms with E-state index in [1.54, 1.807) is 25.3 Å². The van der Waals surface area contributed by atoms with Gasteiger partial charge in [-0.1, -0.05) is 6.07 Å². The smallest absolute Gasteiger partial charge is 0.161 e. The molecule has 0 aliphatic carbocycles. The molecule has 21 heavy (non-hydrogen) atoms. The lowest BCUT2D eigenvalue weighted by Crippen LogP contribution is -2.14. The molecule has 0 fully saturated rings. The fraction of sp³-hybridized carbons (Fsp3) is 0.250. The van der Waals surface area contributed by atoms with E-state index in [2.05, 4.69) is 0 Å². The van der Waals surface area contributed by atoms with Crippen LogP contribution in [0.3, 0.4) is 0 Å². The van der Waals surface area contributed by atoms with E-state index in [9.17, 15) is 8.78 Å². The highest BCUT2D eigenvalue weighted by Crippen LogP contribution is 2.30. The normalized spacial score (nSPS) is 12.0. The maximum Gasteiger partial charge on any atom is 0.161 e. The second-order valence-corrected chi connectivity index (χ2v) is 4.66. The molecule has 0 bridgehead atoms. The minimum Gasteiger partial charge on any atom is -0.493 e. The van der Waals surface area contributed by atoms with E-state index >= 15 is 0 Å². The Morgan fingerprint density at radius 1 is 1.00 bits per heavy atom. The Bertz CT molecular complexity index is 632. The van der Waals surface area contributed by atoms with Crippen molar-refractivity contribution < 1.29 is 18.3 Å². The first kappa shape index (κ1) is 15.3. The highest BCUT2D eigenvalue weighted by Gasteiger charge is 2.14. The average molecular weight is 293 g/mol. The second-order valence-electron chi connectivity index (χ2n) is 4.66. The average Bonchev–Trinajstić information content (AvgIpc) is 2.50. The predicted octanol–water partition coefficient (Wildman–Crippen LogP) is 3.22. The number of ether oxygens (including phenoxy) is 2. The minimum absolute atomic E-state index is 0.194. The largest absolute Gasteiger partial charge is 0.493 e. The van der Waals surface area contributed by atoms with Crippen LogP contribution in [0, 0.1) is 11.6 Å². The van der Waals surface area contributed by atoms with Crippen LogP contribution in [-0.4, -0.2) is 14.2 Å². The molecule has 0 radical (unpaired) electrons. The van der Waals surface area contributed by atoms with Gasteiger partial charge in [0.2, 0.25) is 0 Å². The van der Waals surface area contributed by atoms with Crippen LogP contribution in [0.5, 0.6) is 11.5 Å². The van der Waals surface area contributed by atoms with Crippen LogP contribution in [-0.2, 0) is 6.42 Å². The van der Waals surface area contributed by atoms with Gasteiger partial charge in [0, 0.05) is 6.04 Å². The van der Waals surface area contributed by atoms with Gasteiger partial charge in [0.25, 0.3) is 0 Å². The van der Waals surface area contributed by atoms with Crippen LogP contribution in [0.2, 0.25) is 0 Å². The van der Waals surface area contributed by atoms with Crippen molar-refractivity contribution in [2.24, 2.45) is 5.73 Å². The molecule has 0 aliphatic heterocycles. The molecule has 0 aromatic heterocycles. The van der Waals surface area contributed by atoms with Crippen LogP contribution >= 0.6 is 0 Å². The third kappa shape index (κ3) is 3.49. The van der Waals surface area contributed by atoms with E-state index < -0.39 is 17.7 Å². The van der Waals surface area contributed by atoms with Gasteiger partial charge in [-0.05, 0) is 47.9 Å². The fourth-order valence-corrected chi connectivity index (χ4v) is 2.14. The van der Waals surface area contributed by atoms with Gasteiger partial charge >= 0.3 is 0 Å². The molecular formula is C16H17F2NO2. The zero-order chi connectivity index (χ0) is 15.4. The fourth-order valence-electron chi connectivity index (χ4n) is 2.14. The minimum atomic E-state index is -0.481. The summed E-state index contributed by atoms with van der Waals surface area (Å²) in [6.45, 7) is 0. The van der Waals surface area contributed by atoms with Gasteiger partial charge < -0.3 is 15.2 Å². The summed E-state index contributed by atoms with van der Waals surface area (Å²) in [5, 5.41) is 0. The number of hydrogen-bond donors (Lipinski definition) is 1. The van der Waals surface area contributed by atoms with Gasteiger partial charge in [0.1, 0.15) is 11.6 Å². The first-order valence-electron chi connectivity index (χ1n) is 6.46. The van der Waals surface area contributed by atoms with Crippen molar-refractivity contribution in [3.8, 4) is 11.5 Å². The van der Waals surface area contributed by atoms with Crippen molar-refractivity contribution >= 4 is 0 Å². The Hall–Kier alpha value is -2.14. The van der Waals surface area contributed by atoms with Gasteiger partial charge in [-0.25, -0.2) is 8.78 Å². The summed E-state index contributed by atoms with van der Waals surface area (Å²) >= 11 is 0. The standard InChI is InChI=1S/C16H17F2NO2/c1-20-15-6-3-10(9-16(15)21-2)14(19)8-11-7-12(17)4-5-13(11)18/h3-7,9,14H,8,19H2,1-2H3. The Balaban J connectivity index is 2.24. The number of halogens is 2. The highest BCUT2D eigenvalue weighted by atomic mass is 19.1. The van der Waals surface area contributed by atoms with Crippen molar-refractivity contribution in [3.63, 3.8) is 0 Å². The Labute approximate surface area is 122 Å². The topological polar surface area (TPSA) is 44.5 Å². The van der Waals surface area contributed by atoms with Gasteiger partial charge in [-0.15, -0.1) is 0 Å². The molecule has 2 aromatic carbocycles. The molecule has 2 N–H and O–H groups in total. The van der Waals surface area contributed by atoms with E-state index in [-0.39, 0.29) is 12.0 Å². The van der Waals surface area contributed by atoms with Crippen LogP contribution < -0.4 is 15.2 Å². The number of nitrogens with two attached hydrogens (primary N) is 1. The van der Waals surface area contributed by atoms with Crippen LogP contribution in [0.4, 0.5) is 8.78 Å². The molecule has 2 aromatic rings. The molecule has 5 heteroatoms. The SMILES string of the molecule is COc1ccc(C(N)Cc2cc(F)ccc2F)cc1OC. The zero-order valence-electron chi connectivity index (χ0n) is 11.9. The molecule has 1 unspecified atom stereocenters. The molecule has 0 aliphatic rings. The van der Waals surface area contributed by atoms with E-state index in [1.165, 1.54) is 7.11 Å². The summed E-state index contributed by atoms with van der Waals surface area (Å²) in [6, 6.07) is 8.13. The molecule has 112 valence electrons. The van der Waals surface area contributed by atoms with Crippen LogP contribution in [0.15, 0.2) is 36.4 Å². The van der Waals surface area contributed by atoms with E-state index in [4.69, 9.17) is 15.2 Å². The molecule has 3 nitrogen and oxygen atoms in total. The first-order chi connectivity index (χ1) is 10.0. The van der Waals surface area contributed by atoms with Gasteiger partial charge in [0.15, 0.2) is 11.5 Å². The maximum atomic E-state index is 13.6. The molecule has 0 amide bonds. The third-order valence-corrected chi connectivity index (χ3v) is 3.28.